The van der Waals surface area contributed by atoms with Crippen LogP contribution in [0.4, 0.5) is 4.79 Å². The van der Waals surface area contributed by atoms with Gasteiger partial charge in [0.2, 0.25) is 0 Å². The molecule has 1 fully saturated rings. The molecule has 1 atom stereocenters. The second kappa shape index (κ2) is 5.20. The van der Waals surface area contributed by atoms with E-state index in [1.54, 1.807) is 4.90 Å². The molecule has 82 valence electrons. The van der Waals surface area contributed by atoms with E-state index in [2.05, 4.69) is 5.32 Å². The van der Waals surface area contributed by atoms with Crippen LogP contribution in [0.2, 0.25) is 0 Å². The highest BCUT2D eigenvalue weighted by molar-refractivity contribution is 5.74. The van der Waals surface area contributed by atoms with Gasteiger partial charge in [0.05, 0.1) is 0 Å². The quantitative estimate of drug-likeness (QED) is 0.707. The second-order valence-corrected chi connectivity index (χ2v) is 4.26. The largest absolute Gasteiger partial charge is 0.335 e. The van der Waals surface area contributed by atoms with E-state index in [4.69, 9.17) is 5.73 Å². The number of carbonyl (C=O) groups is 1. The third-order valence-corrected chi connectivity index (χ3v) is 2.70. The molecule has 4 nitrogen and oxygen atoms in total. The van der Waals surface area contributed by atoms with Gasteiger partial charge in [0.1, 0.15) is 0 Å². The predicted octanol–water partition coefficient (Wildman–Crippen LogP) is 0.918. The van der Waals surface area contributed by atoms with Crippen molar-refractivity contribution in [3.8, 4) is 0 Å². The number of nitrogens with one attached hydrogen (secondary N) is 1. The Balaban J connectivity index is 2.14. The van der Waals surface area contributed by atoms with Gasteiger partial charge >= 0.3 is 6.03 Å². The highest BCUT2D eigenvalue weighted by Crippen LogP contribution is 2.18. The van der Waals surface area contributed by atoms with Gasteiger partial charge in [-0.15, -0.1) is 0 Å². The smallest absolute Gasteiger partial charge is 0.317 e. The SMILES string of the molecule is CC(N)CCN(C)C(=O)NC1CCC1. The van der Waals surface area contributed by atoms with Crippen molar-refractivity contribution >= 4 is 6.03 Å². The fourth-order valence-corrected chi connectivity index (χ4v) is 1.34. The molecule has 1 aliphatic carbocycles. The molecule has 0 heterocycles. The third-order valence-electron chi connectivity index (χ3n) is 2.70. The van der Waals surface area contributed by atoms with Crippen LogP contribution in [0.3, 0.4) is 0 Å². The van der Waals surface area contributed by atoms with Crippen LogP contribution in [0.15, 0.2) is 0 Å². The summed E-state index contributed by atoms with van der Waals surface area (Å²) in [6, 6.07) is 0.615. The minimum atomic E-state index is 0.0374. The van der Waals surface area contributed by atoms with Gasteiger partial charge in [0, 0.05) is 25.7 Å². The molecular weight excluding hydrogens is 178 g/mol. The first-order chi connectivity index (χ1) is 6.59. The average molecular weight is 199 g/mol. The Morgan fingerprint density at radius 3 is 2.71 bits per heavy atom. The van der Waals surface area contributed by atoms with Crippen molar-refractivity contribution < 1.29 is 4.79 Å². The molecule has 1 unspecified atom stereocenters. The molecular formula is C10H21N3O. The lowest BCUT2D eigenvalue weighted by Gasteiger charge is -2.29. The van der Waals surface area contributed by atoms with Crippen molar-refractivity contribution in [2.75, 3.05) is 13.6 Å². The van der Waals surface area contributed by atoms with Crippen LogP contribution >= 0.6 is 0 Å². The molecule has 0 aromatic carbocycles. The second-order valence-electron chi connectivity index (χ2n) is 4.26. The Bertz CT molecular complexity index is 190. The van der Waals surface area contributed by atoms with Crippen LogP contribution in [0.1, 0.15) is 32.6 Å². The first kappa shape index (κ1) is 11.3. The Kier molecular flexibility index (Phi) is 4.20. The van der Waals surface area contributed by atoms with Gasteiger partial charge < -0.3 is 16.0 Å². The van der Waals surface area contributed by atoms with Gasteiger partial charge in [-0.3, -0.25) is 0 Å². The van der Waals surface area contributed by atoms with Gasteiger partial charge in [-0.05, 0) is 32.6 Å². The number of carbonyl (C=O) groups excluding carboxylic acids is 1. The van der Waals surface area contributed by atoms with E-state index in [0.29, 0.717) is 6.04 Å². The first-order valence-electron chi connectivity index (χ1n) is 5.37. The summed E-state index contributed by atoms with van der Waals surface area (Å²) in [7, 11) is 1.82. The van der Waals surface area contributed by atoms with Crippen molar-refractivity contribution in [2.45, 2.75) is 44.7 Å². The van der Waals surface area contributed by atoms with Gasteiger partial charge in [-0.1, -0.05) is 0 Å². The maximum Gasteiger partial charge on any atom is 0.317 e. The molecule has 0 spiro atoms. The molecule has 0 bridgehead atoms. The molecule has 0 aromatic rings. The van der Waals surface area contributed by atoms with Crippen LogP contribution < -0.4 is 11.1 Å². The van der Waals surface area contributed by atoms with Crippen LogP contribution in [0, 0.1) is 0 Å². The number of urea groups is 1. The molecule has 14 heavy (non-hydrogen) atoms. The summed E-state index contributed by atoms with van der Waals surface area (Å²) in [6.45, 7) is 2.69. The fraction of sp³-hybridized carbons (Fsp3) is 0.900. The average Bonchev–Trinajstić information content (AvgIpc) is 2.06. The van der Waals surface area contributed by atoms with Crippen LogP contribution in [0.25, 0.3) is 0 Å². The Labute approximate surface area is 85.8 Å². The van der Waals surface area contributed by atoms with E-state index in [0.717, 1.165) is 25.8 Å². The number of hydrogen-bond donors (Lipinski definition) is 2. The Morgan fingerprint density at radius 1 is 1.64 bits per heavy atom. The lowest BCUT2D eigenvalue weighted by atomic mass is 9.93. The summed E-state index contributed by atoms with van der Waals surface area (Å²) in [5.74, 6) is 0. The number of hydrogen-bond acceptors (Lipinski definition) is 2. The number of rotatable bonds is 4. The third kappa shape index (κ3) is 3.54. The van der Waals surface area contributed by atoms with E-state index in [1.165, 1.54) is 6.42 Å². The normalized spacial score (nSPS) is 18.5. The van der Waals surface area contributed by atoms with Crippen molar-refractivity contribution in [3.05, 3.63) is 0 Å². The van der Waals surface area contributed by atoms with E-state index in [-0.39, 0.29) is 12.1 Å². The molecule has 3 N–H and O–H groups in total. The molecule has 2 amide bonds. The standard InChI is InChI=1S/C10H21N3O/c1-8(11)6-7-13(2)10(14)12-9-4-3-5-9/h8-9H,3-7,11H2,1-2H3,(H,12,14). The van der Waals surface area contributed by atoms with Crippen molar-refractivity contribution in [3.63, 3.8) is 0 Å². The number of nitrogens with zero attached hydrogens (tertiary/aromatic N) is 1. The molecule has 0 aliphatic heterocycles. The summed E-state index contributed by atoms with van der Waals surface area (Å²) in [5, 5.41) is 2.99. The van der Waals surface area contributed by atoms with E-state index < -0.39 is 0 Å². The van der Waals surface area contributed by atoms with Crippen LogP contribution in [-0.2, 0) is 0 Å². The molecule has 4 heteroatoms. The summed E-state index contributed by atoms with van der Waals surface area (Å²) < 4.78 is 0. The van der Waals surface area contributed by atoms with Gasteiger partial charge in [-0.25, -0.2) is 4.79 Å². The zero-order valence-corrected chi connectivity index (χ0v) is 9.12. The molecule has 1 rings (SSSR count). The minimum Gasteiger partial charge on any atom is -0.335 e. The topological polar surface area (TPSA) is 58.4 Å². The zero-order chi connectivity index (χ0) is 10.6. The van der Waals surface area contributed by atoms with Crippen LogP contribution in [0.5, 0.6) is 0 Å². The Hall–Kier alpha value is -0.770. The molecule has 0 radical (unpaired) electrons. The maximum absolute atomic E-state index is 11.5. The number of nitrogens with two attached hydrogens (primary N) is 1. The summed E-state index contributed by atoms with van der Waals surface area (Å²) in [5.41, 5.74) is 5.62. The highest BCUT2D eigenvalue weighted by atomic mass is 16.2. The van der Waals surface area contributed by atoms with Gasteiger partial charge in [0.25, 0.3) is 0 Å². The molecule has 0 aromatic heterocycles. The van der Waals surface area contributed by atoms with E-state index in [1.807, 2.05) is 14.0 Å². The first-order valence-corrected chi connectivity index (χ1v) is 5.37. The summed E-state index contributed by atoms with van der Waals surface area (Å²) in [4.78, 5) is 13.2. The minimum absolute atomic E-state index is 0.0374. The molecule has 1 aliphatic rings. The van der Waals surface area contributed by atoms with Crippen molar-refractivity contribution in [2.24, 2.45) is 5.73 Å². The lowest BCUT2D eigenvalue weighted by Crippen LogP contribution is -2.46. The lowest BCUT2D eigenvalue weighted by molar-refractivity contribution is 0.195. The predicted molar refractivity (Wildman–Crippen MR) is 57.1 cm³/mol. The molecule has 1 saturated carbocycles. The van der Waals surface area contributed by atoms with Gasteiger partial charge in [-0.2, -0.15) is 0 Å². The fourth-order valence-electron chi connectivity index (χ4n) is 1.34. The highest BCUT2D eigenvalue weighted by Gasteiger charge is 2.20. The maximum atomic E-state index is 11.5. The van der Waals surface area contributed by atoms with Crippen molar-refractivity contribution in [1.29, 1.82) is 0 Å². The summed E-state index contributed by atoms with van der Waals surface area (Å²) >= 11 is 0. The monoisotopic (exact) mass is 199 g/mol. The van der Waals surface area contributed by atoms with E-state index in [9.17, 15) is 4.79 Å². The van der Waals surface area contributed by atoms with E-state index >= 15 is 0 Å². The number of amides is 2. The molecule has 0 saturated heterocycles. The Morgan fingerprint density at radius 2 is 2.29 bits per heavy atom. The van der Waals surface area contributed by atoms with Gasteiger partial charge in [0.15, 0.2) is 0 Å². The van der Waals surface area contributed by atoms with Crippen LogP contribution in [-0.4, -0.2) is 36.6 Å². The van der Waals surface area contributed by atoms with Crippen molar-refractivity contribution in [1.82, 2.24) is 10.2 Å². The summed E-state index contributed by atoms with van der Waals surface area (Å²) in [6.07, 6.45) is 4.36. The zero-order valence-electron chi connectivity index (χ0n) is 9.12.